The van der Waals surface area contributed by atoms with Crippen LogP contribution >= 0.6 is 0 Å². The third-order valence-corrected chi connectivity index (χ3v) is 2.55. The first-order valence-electron chi connectivity index (χ1n) is 5.63. The van der Waals surface area contributed by atoms with E-state index in [1.807, 2.05) is 0 Å². The average molecular weight is 263 g/mol. The summed E-state index contributed by atoms with van der Waals surface area (Å²) in [6.07, 6.45) is 3.09. The van der Waals surface area contributed by atoms with Crippen molar-refractivity contribution < 1.29 is 19.1 Å². The normalized spacial score (nSPS) is 12.1. The number of hydrogen-bond acceptors (Lipinski definition) is 4. The molecular weight excluding hydrogens is 250 g/mol. The van der Waals surface area contributed by atoms with Crippen molar-refractivity contribution in [2.24, 2.45) is 0 Å². The minimum absolute atomic E-state index is 0.0911. The van der Waals surface area contributed by atoms with Gasteiger partial charge in [0, 0.05) is 18.3 Å². The zero-order valence-corrected chi connectivity index (χ0v) is 10.2. The number of aromatic amines is 1. The summed E-state index contributed by atoms with van der Waals surface area (Å²) in [5, 5.41) is 11.5. The predicted octanol–water partition coefficient (Wildman–Crippen LogP) is 0.737. The van der Waals surface area contributed by atoms with Crippen molar-refractivity contribution in [2.75, 3.05) is 0 Å². The number of imidazole rings is 1. The van der Waals surface area contributed by atoms with Crippen molar-refractivity contribution >= 4 is 11.9 Å². The Balaban J connectivity index is 2.04. The molecule has 1 amide bonds. The summed E-state index contributed by atoms with van der Waals surface area (Å²) in [6.45, 7) is 1.70. The number of aromatic nitrogens is 2. The Labute approximate surface area is 108 Å². The molecule has 2 heterocycles. The Morgan fingerprint density at radius 1 is 1.53 bits per heavy atom. The molecule has 0 aliphatic carbocycles. The fourth-order valence-electron chi connectivity index (χ4n) is 1.60. The Hall–Kier alpha value is -2.57. The number of nitrogens with one attached hydrogen (secondary N) is 2. The first-order chi connectivity index (χ1) is 9.06. The van der Waals surface area contributed by atoms with Gasteiger partial charge < -0.3 is 19.8 Å². The molecule has 0 saturated carbocycles. The summed E-state index contributed by atoms with van der Waals surface area (Å²) in [5.74, 6) is -0.995. The van der Waals surface area contributed by atoms with E-state index in [4.69, 9.17) is 9.52 Å². The number of nitrogens with zero attached hydrogens (tertiary/aromatic N) is 1. The minimum Gasteiger partial charge on any atom is -0.480 e. The lowest BCUT2D eigenvalue weighted by Crippen LogP contribution is -2.42. The molecular formula is C12H13N3O4. The lowest BCUT2D eigenvalue weighted by molar-refractivity contribution is -0.139. The van der Waals surface area contributed by atoms with E-state index in [-0.39, 0.29) is 12.2 Å². The van der Waals surface area contributed by atoms with Crippen LogP contribution in [0.4, 0.5) is 0 Å². The van der Waals surface area contributed by atoms with Gasteiger partial charge in [0.05, 0.1) is 6.33 Å². The van der Waals surface area contributed by atoms with Gasteiger partial charge in [0.1, 0.15) is 11.8 Å². The van der Waals surface area contributed by atoms with Crippen LogP contribution in [0.15, 0.2) is 29.1 Å². The van der Waals surface area contributed by atoms with Crippen molar-refractivity contribution in [2.45, 2.75) is 19.4 Å². The maximum Gasteiger partial charge on any atom is 0.326 e. The molecule has 0 aliphatic heterocycles. The second-order valence-corrected chi connectivity index (χ2v) is 4.06. The van der Waals surface area contributed by atoms with Gasteiger partial charge in [-0.25, -0.2) is 9.78 Å². The number of amides is 1. The van der Waals surface area contributed by atoms with Gasteiger partial charge in [0.15, 0.2) is 5.76 Å². The zero-order chi connectivity index (χ0) is 13.8. The molecule has 1 atom stereocenters. The van der Waals surface area contributed by atoms with Gasteiger partial charge in [-0.05, 0) is 19.1 Å². The van der Waals surface area contributed by atoms with Crippen LogP contribution in [0.3, 0.4) is 0 Å². The molecule has 0 aromatic carbocycles. The van der Waals surface area contributed by atoms with Gasteiger partial charge in [-0.15, -0.1) is 0 Å². The van der Waals surface area contributed by atoms with E-state index in [0.717, 1.165) is 0 Å². The average Bonchev–Trinajstić information content (AvgIpc) is 2.99. The Bertz CT molecular complexity index is 574. The van der Waals surface area contributed by atoms with Crippen LogP contribution in [0.25, 0.3) is 0 Å². The molecule has 2 aromatic rings. The number of carbonyl (C=O) groups excluding carboxylic acids is 1. The number of hydrogen-bond donors (Lipinski definition) is 3. The van der Waals surface area contributed by atoms with Crippen LogP contribution < -0.4 is 5.32 Å². The smallest absolute Gasteiger partial charge is 0.326 e. The number of furan rings is 1. The maximum atomic E-state index is 11.8. The second kappa shape index (κ2) is 5.38. The minimum atomic E-state index is -1.12. The number of aryl methyl sites for hydroxylation is 1. The van der Waals surface area contributed by atoms with Crippen molar-refractivity contribution in [3.8, 4) is 0 Å². The van der Waals surface area contributed by atoms with Crippen LogP contribution in [0.2, 0.25) is 0 Å². The van der Waals surface area contributed by atoms with Gasteiger partial charge in [0.2, 0.25) is 0 Å². The molecule has 100 valence electrons. The molecule has 2 rings (SSSR count). The molecule has 0 spiro atoms. The van der Waals surface area contributed by atoms with E-state index in [0.29, 0.717) is 11.5 Å². The van der Waals surface area contributed by atoms with Gasteiger partial charge >= 0.3 is 5.97 Å². The topological polar surface area (TPSA) is 108 Å². The van der Waals surface area contributed by atoms with Crippen LogP contribution in [0.1, 0.15) is 22.0 Å². The predicted molar refractivity (Wildman–Crippen MR) is 64.6 cm³/mol. The van der Waals surface area contributed by atoms with Crippen molar-refractivity contribution in [3.05, 3.63) is 41.9 Å². The largest absolute Gasteiger partial charge is 0.480 e. The third-order valence-electron chi connectivity index (χ3n) is 2.55. The number of carbonyl (C=O) groups is 2. The highest BCUT2D eigenvalue weighted by Gasteiger charge is 2.23. The van der Waals surface area contributed by atoms with Crippen LogP contribution in [-0.2, 0) is 11.2 Å². The van der Waals surface area contributed by atoms with Gasteiger partial charge in [-0.2, -0.15) is 0 Å². The van der Waals surface area contributed by atoms with Crippen molar-refractivity contribution in [1.82, 2.24) is 15.3 Å². The summed E-state index contributed by atoms with van der Waals surface area (Å²) in [5.41, 5.74) is 0.628. The Morgan fingerprint density at radius 3 is 2.84 bits per heavy atom. The molecule has 0 saturated heterocycles. The summed E-state index contributed by atoms with van der Waals surface area (Å²) in [4.78, 5) is 29.5. The number of H-pyrrole nitrogens is 1. The van der Waals surface area contributed by atoms with E-state index in [1.54, 1.807) is 13.0 Å². The van der Waals surface area contributed by atoms with E-state index in [9.17, 15) is 9.59 Å². The monoisotopic (exact) mass is 263 g/mol. The molecule has 19 heavy (non-hydrogen) atoms. The molecule has 0 bridgehead atoms. The Morgan fingerprint density at radius 2 is 2.32 bits per heavy atom. The summed E-state index contributed by atoms with van der Waals surface area (Å²) in [6, 6.07) is 2.10. The quantitative estimate of drug-likeness (QED) is 0.737. The van der Waals surface area contributed by atoms with Crippen LogP contribution in [0, 0.1) is 6.92 Å². The van der Waals surface area contributed by atoms with Crippen LogP contribution in [0.5, 0.6) is 0 Å². The van der Waals surface area contributed by atoms with Crippen molar-refractivity contribution in [3.63, 3.8) is 0 Å². The van der Waals surface area contributed by atoms with Gasteiger partial charge in [0.25, 0.3) is 5.91 Å². The molecule has 0 radical (unpaired) electrons. The number of carboxylic acid groups (broad SMARTS) is 1. The highest BCUT2D eigenvalue weighted by molar-refractivity contribution is 5.94. The number of rotatable bonds is 5. The van der Waals surface area contributed by atoms with Crippen LogP contribution in [-0.4, -0.2) is 33.0 Å². The summed E-state index contributed by atoms with van der Waals surface area (Å²) in [7, 11) is 0. The van der Waals surface area contributed by atoms with Gasteiger partial charge in [-0.1, -0.05) is 0 Å². The standard InChI is InChI=1S/C12H13N3O4/c1-7-2-3-10(19-7)11(16)15-9(12(17)18)4-8-5-13-6-14-8/h2-3,5-6,9H,4H2,1H3,(H,13,14)(H,15,16)(H,17,18)/t9-/m1/s1. The first kappa shape index (κ1) is 12.9. The molecule has 3 N–H and O–H groups in total. The SMILES string of the molecule is Cc1ccc(C(=O)N[C@H](Cc2cnc[nH]2)C(=O)O)o1. The summed E-state index contributed by atoms with van der Waals surface area (Å²) < 4.78 is 5.14. The van der Waals surface area contributed by atoms with Crippen molar-refractivity contribution in [1.29, 1.82) is 0 Å². The lowest BCUT2D eigenvalue weighted by atomic mass is 10.1. The van der Waals surface area contributed by atoms with E-state index >= 15 is 0 Å². The Kier molecular flexibility index (Phi) is 3.65. The van der Waals surface area contributed by atoms with Gasteiger partial charge in [-0.3, -0.25) is 4.79 Å². The summed E-state index contributed by atoms with van der Waals surface area (Å²) >= 11 is 0. The highest BCUT2D eigenvalue weighted by atomic mass is 16.4. The fraction of sp³-hybridized carbons (Fsp3) is 0.250. The lowest BCUT2D eigenvalue weighted by Gasteiger charge is -2.12. The first-order valence-corrected chi connectivity index (χ1v) is 5.63. The molecule has 7 heteroatoms. The fourth-order valence-corrected chi connectivity index (χ4v) is 1.60. The van der Waals surface area contributed by atoms with E-state index in [2.05, 4.69) is 15.3 Å². The maximum absolute atomic E-state index is 11.8. The molecule has 2 aromatic heterocycles. The van der Waals surface area contributed by atoms with E-state index in [1.165, 1.54) is 18.6 Å². The second-order valence-electron chi connectivity index (χ2n) is 4.06. The molecule has 0 unspecified atom stereocenters. The zero-order valence-electron chi connectivity index (χ0n) is 10.2. The number of carboxylic acids is 1. The molecule has 7 nitrogen and oxygen atoms in total. The highest BCUT2D eigenvalue weighted by Crippen LogP contribution is 2.07. The molecule has 0 aliphatic rings. The molecule has 0 fully saturated rings. The third kappa shape index (κ3) is 3.21. The number of aliphatic carboxylic acids is 1. The van der Waals surface area contributed by atoms with E-state index < -0.39 is 17.9 Å².